The number of rotatable bonds is 6. The van der Waals surface area contributed by atoms with E-state index in [4.69, 9.17) is 9.47 Å². The minimum Gasteiger partial charge on any atom is -0.497 e. The summed E-state index contributed by atoms with van der Waals surface area (Å²) >= 11 is 1.68. The molecule has 4 rings (SSSR count). The summed E-state index contributed by atoms with van der Waals surface area (Å²) in [4.78, 5) is 0. The Hall–Kier alpha value is -3.05. The lowest BCUT2D eigenvalue weighted by Gasteiger charge is -2.10. The molecule has 0 unspecified atom stereocenters. The Kier molecular flexibility index (Phi) is 5.44. The van der Waals surface area contributed by atoms with Gasteiger partial charge in [-0.25, -0.2) is 0 Å². The van der Waals surface area contributed by atoms with E-state index in [2.05, 4.69) is 52.7 Å². The molecule has 0 saturated heterocycles. The van der Waals surface area contributed by atoms with Gasteiger partial charge in [0.1, 0.15) is 16.5 Å². The maximum absolute atomic E-state index is 5.47. The predicted octanol–water partition coefficient (Wildman–Crippen LogP) is 5.61. The van der Waals surface area contributed by atoms with Gasteiger partial charge in [0.25, 0.3) is 0 Å². The monoisotopic (exact) mass is 388 g/mol. The molecule has 0 atom stereocenters. The first-order valence-corrected chi connectivity index (χ1v) is 9.92. The first-order valence-electron chi connectivity index (χ1n) is 8.94. The second-order valence-corrected chi connectivity index (χ2v) is 7.25. The number of fused-ring (bicyclic) bond motifs is 1. The summed E-state index contributed by atoms with van der Waals surface area (Å²) in [5.74, 6) is 2.31. The van der Waals surface area contributed by atoms with Gasteiger partial charge < -0.3 is 9.47 Å². The Morgan fingerprint density at radius 3 is 2.46 bits per heavy atom. The molecule has 0 N–H and O–H groups in total. The van der Waals surface area contributed by atoms with E-state index in [1.165, 1.54) is 16.3 Å². The highest BCUT2D eigenvalue weighted by molar-refractivity contribution is 7.98. The van der Waals surface area contributed by atoms with E-state index in [1.54, 1.807) is 26.0 Å². The molecular weight excluding hydrogens is 368 g/mol. The standard InChI is InChI=1S/C23H20N2O2S/c1-26-18-10-11-20(22(14-18)27-2)21-12-13-23(25-24-21)28-15-17-8-5-7-16-6-3-4-9-19(16)17/h3-14H,15H2,1-2H3. The Morgan fingerprint density at radius 2 is 1.68 bits per heavy atom. The van der Waals surface area contributed by atoms with Crippen molar-refractivity contribution in [2.24, 2.45) is 0 Å². The van der Waals surface area contributed by atoms with E-state index in [1.807, 2.05) is 30.3 Å². The van der Waals surface area contributed by atoms with Gasteiger partial charge in [-0.2, -0.15) is 0 Å². The quantitative estimate of drug-likeness (QED) is 0.402. The molecule has 0 aliphatic carbocycles. The number of hydrogen-bond acceptors (Lipinski definition) is 5. The second-order valence-electron chi connectivity index (χ2n) is 6.25. The van der Waals surface area contributed by atoms with Crippen molar-refractivity contribution in [2.75, 3.05) is 14.2 Å². The third-order valence-corrected chi connectivity index (χ3v) is 5.55. The maximum atomic E-state index is 5.47. The van der Waals surface area contributed by atoms with Crippen LogP contribution in [0.2, 0.25) is 0 Å². The Morgan fingerprint density at radius 1 is 0.821 bits per heavy atom. The van der Waals surface area contributed by atoms with E-state index in [9.17, 15) is 0 Å². The fourth-order valence-electron chi connectivity index (χ4n) is 3.12. The summed E-state index contributed by atoms with van der Waals surface area (Å²) in [5, 5.41) is 12.2. The molecule has 1 aromatic heterocycles. The highest BCUT2D eigenvalue weighted by atomic mass is 32.2. The van der Waals surface area contributed by atoms with Crippen molar-refractivity contribution in [3.05, 3.63) is 78.4 Å². The van der Waals surface area contributed by atoms with Gasteiger partial charge in [-0.1, -0.05) is 54.2 Å². The summed E-state index contributed by atoms with van der Waals surface area (Å²) in [6.07, 6.45) is 0. The molecule has 0 aliphatic heterocycles. The molecule has 3 aromatic carbocycles. The number of methoxy groups -OCH3 is 2. The van der Waals surface area contributed by atoms with Gasteiger partial charge in [0.05, 0.1) is 19.9 Å². The van der Waals surface area contributed by atoms with Gasteiger partial charge in [0.2, 0.25) is 0 Å². The first kappa shape index (κ1) is 18.3. The van der Waals surface area contributed by atoms with E-state index >= 15 is 0 Å². The van der Waals surface area contributed by atoms with Crippen molar-refractivity contribution in [2.45, 2.75) is 10.8 Å². The van der Waals surface area contributed by atoms with Gasteiger partial charge >= 0.3 is 0 Å². The van der Waals surface area contributed by atoms with Crippen molar-refractivity contribution in [3.63, 3.8) is 0 Å². The van der Waals surface area contributed by atoms with Gasteiger partial charge in [-0.3, -0.25) is 0 Å². The molecule has 4 nitrogen and oxygen atoms in total. The fourth-order valence-corrected chi connectivity index (χ4v) is 3.94. The molecule has 0 aliphatic rings. The molecule has 0 radical (unpaired) electrons. The zero-order valence-electron chi connectivity index (χ0n) is 15.8. The van der Waals surface area contributed by atoms with Crippen LogP contribution < -0.4 is 9.47 Å². The minimum atomic E-state index is 0.713. The summed E-state index contributed by atoms with van der Waals surface area (Å²) in [5.41, 5.74) is 2.96. The average molecular weight is 388 g/mol. The van der Waals surface area contributed by atoms with Crippen LogP contribution in [-0.2, 0) is 5.75 Å². The summed E-state index contributed by atoms with van der Waals surface area (Å²) in [6, 6.07) is 24.5. The minimum absolute atomic E-state index is 0.713. The van der Waals surface area contributed by atoms with Crippen molar-refractivity contribution in [1.29, 1.82) is 0 Å². The van der Waals surface area contributed by atoms with E-state index in [0.29, 0.717) is 5.75 Å². The SMILES string of the molecule is COc1ccc(-c2ccc(SCc3cccc4ccccc34)nn2)c(OC)c1. The Bertz CT molecular complexity index is 1090. The highest BCUT2D eigenvalue weighted by Gasteiger charge is 2.10. The van der Waals surface area contributed by atoms with Crippen molar-refractivity contribution in [3.8, 4) is 22.8 Å². The van der Waals surface area contributed by atoms with Crippen LogP contribution in [0, 0.1) is 0 Å². The Labute approximate surface area is 168 Å². The van der Waals surface area contributed by atoms with Crippen LogP contribution >= 0.6 is 11.8 Å². The van der Waals surface area contributed by atoms with Gasteiger partial charge in [0, 0.05) is 17.4 Å². The molecule has 4 aromatic rings. The van der Waals surface area contributed by atoms with E-state index < -0.39 is 0 Å². The Balaban J connectivity index is 1.52. The molecule has 0 bridgehead atoms. The van der Waals surface area contributed by atoms with E-state index in [-0.39, 0.29) is 0 Å². The van der Waals surface area contributed by atoms with Crippen molar-refractivity contribution >= 4 is 22.5 Å². The van der Waals surface area contributed by atoms with Crippen molar-refractivity contribution in [1.82, 2.24) is 10.2 Å². The van der Waals surface area contributed by atoms with Crippen molar-refractivity contribution < 1.29 is 9.47 Å². The van der Waals surface area contributed by atoms with Gasteiger partial charge in [-0.15, -0.1) is 10.2 Å². The second kappa shape index (κ2) is 8.31. The zero-order valence-corrected chi connectivity index (χ0v) is 16.6. The zero-order chi connectivity index (χ0) is 19.3. The average Bonchev–Trinajstić information content (AvgIpc) is 2.77. The normalized spacial score (nSPS) is 10.8. The van der Waals surface area contributed by atoms with Gasteiger partial charge in [0.15, 0.2) is 0 Å². The third-order valence-electron chi connectivity index (χ3n) is 4.58. The van der Waals surface area contributed by atoms with Gasteiger partial charge in [-0.05, 0) is 40.6 Å². The molecular formula is C23H20N2O2S. The topological polar surface area (TPSA) is 44.2 Å². The van der Waals surface area contributed by atoms with Crippen LogP contribution in [0.25, 0.3) is 22.0 Å². The lowest BCUT2D eigenvalue weighted by atomic mass is 10.1. The number of ether oxygens (including phenoxy) is 2. The predicted molar refractivity (Wildman–Crippen MR) is 114 cm³/mol. The van der Waals surface area contributed by atoms with Crippen LogP contribution in [0.1, 0.15) is 5.56 Å². The summed E-state index contributed by atoms with van der Waals surface area (Å²) in [6.45, 7) is 0. The van der Waals surface area contributed by atoms with E-state index in [0.717, 1.165) is 27.8 Å². The van der Waals surface area contributed by atoms with Crippen LogP contribution in [0.15, 0.2) is 77.8 Å². The number of benzene rings is 3. The summed E-state index contributed by atoms with van der Waals surface area (Å²) in [7, 11) is 3.27. The number of aromatic nitrogens is 2. The smallest absolute Gasteiger partial charge is 0.132 e. The highest BCUT2D eigenvalue weighted by Crippen LogP contribution is 2.33. The lowest BCUT2D eigenvalue weighted by molar-refractivity contribution is 0.395. The lowest BCUT2D eigenvalue weighted by Crippen LogP contribution is -1.94. The first-order chi connectivity index (χ1) is 13.8. The third kappa shape index (κ3) is 3.80. The number of nitrogens with zero attached hydrogens (tertiary/aromatic N) is 2. The van der Waals surface area contributed by atoms with Crippen LogP contribution in [0.3, 0.4) is 0 Å². The molecule has 28 heavy (non-hydrogen) atoms. The number of thioether (sulfide) groups is 1. The fraction of sp³-hybridized carbons (Fsp3) is 0.130. The summed E-state index contributed by atoms with van der Waals surface area (Å²) < 4.78 is 10.7. The number of hydrogen-bond donors (Lipinski definition) is 0. The maximum Gasteiger partial charge on any atom is 0.132 e. The largest absolute Gasteiger partial charge is 0.497 e. The molecule has 0 spiro atoms. The molecule has 0 fully saturated rings. The van der Waals surface area contributed by atoms with Crippen LogP contribution in [0.5, 0.6) is 11.5 Å². The molecule has 5 heteroatoms. The molecule has 1 heterocycles. The molecule has 0 amide bonds. The molecule has 0 saturated carbocycles. The van der Waals surface area contributed by atoms with Crippen LogP contribution in [-0.4, -0.2) is 24.4 Å². The van der Waals surface area contributed by atoms with Crippen LogP contribution in [0.4, 0.5) is 0 Å². The molecule has 140 valence electrons.